The summed E-state index contributed by atoms with van der Waals surface area (Å²) < 4.78 is 44.4. The largest absolute Gasteiger partial charge is 0.574 e. The Balaban J connectivity index is 3.17. The quantitative estimate of drug-likeness (QED) is 0.842. The standard InChI is InChI=1S/C10H10F3NO4/c1-5-6(3-8(16)17-2)9(14-4-7(5)15)18-10(11,12)13/h4,15H,3H2,1-2H3. The Kier molecular flexibility index (Phi) is 4.00. The van der Waals surface area contributed by atoms with Gasteiger partial charge in [0.05, 0.1) is 19.7 Å². The van der Waals surface area contributed by atoms with Gasteiger partial charge >= 0.3 is 12.3 Å². The maximum atomic E-state index is 12.1. The summed E-state index contributed by atoms with van der Waals surface area (Å²) in [6.07, 6.45) is -4.59. The lowest BCUT2D eigenvalue weighted by Gasteiger charge is -2.14. The van der Waals surface area contributed by atoms with Crippen LogP contribution in [0, 0.1) is 6.92 Å². The van der Waals surface area contributed by atoms with E-state index < -0.39 is 24.6 Å². The SMILES string of the molecule is COC(=O)Cc1c(OC(F)(F)F)ncc(O)c1C. The van der Waals surface area contributed by atoms with E-state index in [1.54, 1.807) is 0 Å². The first-order valence-electron chi connectivity index (χ1n) is 4.74. The van der Waals surface area contributed by atoms with Gasteiger partial charge in [0, 0.05) is 11.1 Å². The average molecular weight is 265 g/mol. The number of esters is 1. The van der Waals surface area contributed by atoms with E-state index in [0.717, 1.165) is 13.3 Å². The number of carbonyl (C=O) groups is 1. The van der Waals surface area contributed by atoms with E-state index in [-0.39, 0.29) is 16.9 Å². The fourth-order valence-corrected chi connectivity index (χ4v) is 1.23. The molecule has 0 atom stereocenters. The summed E-state index contributed by atoms with van der Waals surface area (Å²) in [5, 5.41) is 9.36. The van der Waals surface area contributed by atoms with Gasteiger partial charge < -0.3 is 14.6 Å². The molecule has 1 rings (SSSR count). The molecule has 5 nitrogen and oxygen atoms in total. The summed E-state index contributed by atoms with van der Waals surface area (Å²) in [5.41, 5.74) is -0.0891. The minimum Gasteiger partial charge on any atom is -0.506 e. The van der Waals surface area contributed by atoms with Gasteiger partial charge in [0.25, 0.3) is 0 Å². The fourth-order valence-electron chi connectivity index (χ4n) is 1.23. The lowest BCUT2D eigenvalue weighted by molar-refractivity contribution is -0.276. The van der Waals surface area contributed by atoms with Crippen molar-refractivity contribution < 1.29 is 32.5 Å². The van der Waals surface area contributed by atoms with Gasteiger partial charge in [-0.05, 0) is 6.92 Å². The molecular weight excluding hydrogens is 255 g/mol. The molecule has 100 valence electrons. The van der Waals surface area contributed by atoms with Crippen LogP contribution in [0.3, 0.4) is 0 Å². The topological polar surface area (TPSA) is 68.7 Å². The minimum atomic E-state index is -4.93. The predicted octanol–water partition coefficient (Wildman–Crippen LogP) is 1.71. The second kappa shape index (κ2) is 5.11. The lowest BCUT2D eigenvalue weighted by Crippen LogP contribution is -2.20. The lowest BCUT2D eigenvalue weighted by atomic mass is 10.1. The molecule has 0 saturated heterocycles. The van der Waals surface area contributed by atoms with Gasteiger partial charge in [0.1, 0.15) is 5.75 Å². The molecule has 0 fully saturated rings. The van der Waals surface area contributed by atoms with Crippen molar-refractivity contribution in [3.8, 4) is 11.6 Å². The molecular formula is C10H10F3NO4. The molecule has 0 aromatic carbocycles. The number of alkyl halides is 3. The molecule has 0 amide bonds. The average Bonchev–Trinajstić information content (AvgIpc) is 2.26. The van der Waals surface area contributed by atoms with Crippen LogP contribution in [-0.4, -0.2) is 29.5 Å². The van der Waals surface area contributed by atoms with Crippen LogP contribution < -0.4 is 4.74 Å². The normalized spacial score (nSPS) is 11.2. The van der Waals surface area contributed by atoms with Crippen molar-refractivity contribution in [2.24, 2.45) is 0 Å². The third-order valence-electron chi connectivity index (χ3n) is 2.16. The van der Waals surface area contributed by atoms with Crippen molar-refractivity contribution in [3.05, 3.63) is 17.3 Å². The Morgan fingerprint density at radius 3 is 2.61 bits per heavy atom. The van der Waals surface area contributed by atoms with E-state index in [0.29, 0.717) is 0 Å². The molecule has 1 aromatic heterocycles. The molecule has 0 unspecified atom stereocenters. The van der Waals surface area contributed by atoms with Crippen LogP contribution in [0.4, 0.5) is 13.2 Å². The number of rotatable bonds is 3. The Labute approximate surface area is 100 Å². The van der Waals surface area contributed by atoms with Crippen LogP contribution >= 0.6 is 0 Å². The highest BCUT2D eigenvalue weighted by Crippen LogP contribution is 2.30. The molecule has 0 aliphatic carbocycles. The van der Waals surface area contributed by atoms with Crippen molar-refractivity contribution in [1.82, 2.24) is 4.98 Å². The number of ether oxygens (including phenoxy) is 2. The van der Waals surface area contributed by atoms with Crippen LogP contribution in [-0.2, 0) is 16.0 Å². The van der Waals surface area contributed by atoms with Crippen LogP contribution in [0.15, 0.2) is 6.20 Å². The highest BCUT2D eigenvalue weighted by molar-refractivity contribution is 5.74. The molecule has 0 spiro atoms. The third-order valence-corrected chi connectivity index (χ3v) is 2.16. The van der Waals surface area contributed by atoms with Gasteiger partial charge in [-0.3, -0.25) is 4.79 Å². The number of nitrogens with zero attached hydrogens (tertiary/aromatic N) is 1. The van der Waals surface area contributed by atoms with E-state index in [9.17, 15) is 23.1 Å². The Morgan fingerprint density at radius 1 is 1.50 bits per heavy atom. The van der Waals surface area contributed by atoms with Crippen molar-refractivity contribution in [2.75, 3.05) is 7.11 Å². The first-order valence-corrected chi connectivity index (χ1v) is 4.74. The molecule has 1 heterocycles. The Morgan fingerprint density at radius 2 is 2.11 bits per heavy atom. The number of hydrogen-bond acceptors (Lipinski definition) is 5. The smallest absolute Gasteiger partial charge is 0.506 e. The molecule has 1 N–H and O–H groups in total. The second-order valence-corrected chi connectivity index (χ2v) is 3.35. The monoisotopic (exact) mass is 265 g/mol. The van der Waals surface area contributed by atoms with Crippen molar-refractivity contribution in [3.63, 3.8) is 0 Å². The van der Waals surface area contributed by atoms with Crippen molar-refractivity contribution >= 4 is 5.97 Å². The van der Waals surface area contributed by atoms with E-state index in [1.807, 2.05) is 0 Å². The summed E-state index contributed by atoms with van der Waals surface area (Å²) in [6, 6.07) is 0. The molecule has 0 radical (unpaired) electrons. The van der Waals surface area contributed by atoms with Crippen molar-refractivity contribution in [2.45, 2.75) is 19.7 Å². The number of halogens is 3. The van der Waals surface area contributed by atoms with Crippen LogP contribution in [0.25, 0.3) is 0 Å². The summed E-state index contributed by atoms with van der Waals surface area (Å²) in [4.78, 5) is 14.4. The number of pyridine rings is 1. The molecule has 18 heavy (non-hydrogen) atoms. The number of carbonyl (C=O) groups excluding carboxylic acids is 1. The first-order chi connectivity index (χ1) is 8.24. The predicted molar refractivity (Wildman–Crippen MR) is 53.0 cm³/mol. The molecule has 1 aromatic rings. The van der Waals surface area contributed by atoms with Gasteiger partial charge in [-0.15, -0.1) is 13.2 Å². The molecule has 0 saturated carbocycles. The fraction of sp³-hybridized carbons (Fsp3) is 0.400. The van der Waals surface area contributed by atoms with Crippen molar-refractivity contribution in [1.29, 1.82) is 0 Å². The zero-order valence-corrected chi connectivity index (χ0v) is 9.54. The highest BCUT2D eigenvalue weighted by atomic mass is 19.4. The van der Waals surface area contributed by atoms with Gasteiger partial charge in [-0.2, -0.15) is 0 Å². The summed E-state index contributed by atoms with van der Waals surface area (Å²) in [7, 11) is 1.10. The maximum Gasteiger partial charge on any atom is 0.574 e. The Bertz CT molecular complexity index is 459. The van der Waals surface area contributed by atoms with Gasteiger partial charge in [0.15, 0.2) is 0 Å². The number of hydrogen-bond donors (Lipinski definition) is 1. The van der Waals surface area contributed by atoms with Crippen LogP contribution in [0.1, 0.15) is 11.1 Å². The van der Waals surface area contributed by atoms with E-state index >= 15 is 0 Å². The highest BCUT2D eigenvalue weighted by Gasteiger charge is 2.33. The molecule has 8 heteroatoms. The zero-order valence-electron chi connectivity index (χ0n) is 9.54. The van der Waals surface area contributed by atoms with E-state index in [4.69, 9.17) is 0 Å². The third kappa shape index (κ3) is 3.51. The first kappa shape index (κ1) is 14.1. The molecule has 0 aliphatic rings. The maximum absolute atomic E-state index is 12.1. The van der Waals surface area contributed by atoms with Gasteiger partial charge in [-0.1, -0.05) is 0 Å². The number of methoxy groups -OCH3 is 1. The van der Waals surface area contributed by atoms with E-state index in [1.165, 1.54) is 6.92 Å². The number of aromatic hydroxyl groups is 1. The summed E-state index contributed by atoms with van der Waals surface area (Å²) in [5.74, 6) is -1.87. The minimum absolute atomic E-state index is 0.0784. The zero-order chi connectivity index (χ0) is 13.9. The van der Waals surface area contributed by atoms with E-state index in [2.05, 4.69) is 14.5 Å². The summed E-state index contributed by atoms with van der Waals surface area (Å²) >= 11 is 0. The molecule has 0 bridgehead atoms. The van der Waals surface area contributed by atoms with Crippen LogP contribution in [0.5, 0.6) is 11.6 Å². The second-order valence-electron chi connectivity index (χ2n) is 3.35. The summed E-state index contributed by atoms with van der Waals surface area (Å²) in [6.45, 7) is 1.35. The van der Waals surface area contributed by atoms with Gasteiger partial charge in [0.2, 0.25) is 5.88 Å². The van der Waals surface area contributed by atoms with Crippen LogP contribution in [0.2, 0.25) is 0 Å². The number of aromatic nitrogens is 1. The van der Waals surface area contributed by atoms with Gasteiger partial charge in [-0.25, -0.2) is 4.98 Å². The molecule has 0 aliphatic heterocycles. The Hall–Kier alpha value is -1.99.